The van der Waals surface area contributed by atoms with Crippen LogP contribution >= 0.6 is 0 Å². The molecule has 0 aromatic carbocycles. The zero-order chi connectivity index (χ0) is 15.5. The smallest absolute Gasteiger partial charge is 0.243 e. The summed E-state index contributed by atoms with van der Waals surface area (Å²) >= 11 is 0. The van der Waals surface area contributed by atoms with Crippen molar-refractivity contribution in [3.63, 3.8) is 0 Å². The van der Waals surface area contributed by atoms with Gasteiger partial charge in [0.1, 0.15) is 12.7 Å². The molecule has 1 aliphatic heterocycles. The zero-order valence-corrected chi connectivity index (χ0v) is 13.2. The van der Waals surface area contributed by atoms with Gasteiger partial charge in [0, 0.05) is 19.0 Å². The van der Waals surface area contributed by atoms with E-state index in [9.17, 15) is 0 Å². The first-order valence-electron chi connectivity index (χ1n) is 7.65. The monoisotopic (exact) mass is 306 g/mol. The predicted octanol–water partition coefficient (Wildman–Crippen LogP) is 1.25. The summed E-state index contributed by atoms with van der Waals surface area (Å²) in [5.41, 5.74) is 0. The Morgan fingerprint density at radius 1 is 1.36 bits per heavy atom. The van der Waals surface area contributed by atoms with Gasteiger partial charge in [0.05, 0.1) is 25.3 Å². The molecule has 2 aromatic rings. The molecule has 0 unspecified atom stereocenters. The topological polar surface area (TPSA) is 82.1 Å². The second kappa shape index (κ2) is 6.53. The minimum Gasteiger partial charge on any atom is -0.374 e. The van der Waals surface area contributed by atoms with Gasteiger partial charge >= 0.3 is 0 Å². The third-order valence-electron chi connectivity index (χ3n) is 3.91. The number of hydrogen-bond acceptors (Lipinski definition) is 7. The SMILES string of the molecule is CC(C)c1noc([C@@H](C)N2CCO[C@@H](Cn3cncn3)C2)n1. The van der Waals surface area contributed by atoms with Gasteiger partial charge < -0.3 is 9.26 Å². The number of hydrogen-bond donors (Lipinski definition) is 0. The van der Waals surface area contributed by atoms with E-state index in [0.717, 1.165) is 18.9 Å². The fourth-order valence-electron chi connectivity index (χ4n) is 2.55. The summed E-state index contributed by atoms with van der Waals surface area (Å²) in [6.07, 6.45) is 3.33. The summed E-state index contributed by atoms with van der Waals surface area (Å²) in [5, 5.41) is 8.17. The summed E-state index contributed by atoms with van der Waals surface area (Å²) in [6, 6.07) is 0.0853. The number of nitrogens with zero attached hydrogens (tertiary/aromatic N) is 6. The quantitative estimate of drug-likeness (QED) is 0.822. The molecule has 0 aliphatic carbocycles. The molecular formula is C14H22N6O2. The van der Waals surface area contributed by atoms with Crippen molar-refractivity contribution in [1.82, 2.24) is 29.8 Å². The third kappa shape index (κ3) is 3.33. The summed E-state index contributed by atoms with van der Waals surface area (Å²) in [7, 11) is 0. The first-order valence-corrected chi connectivity index (χ1v) is 7.65. The molecule has 1 fully saturated rings. The lowest BCUT2D eigenvalue weighted by molar-refractivity contribution is -0.0532. The van der Waals surface area contributed by atoms with E-state index in [1.165, 1.54) is 6.33 Å². The second-order valence-electron chi connectivity index (χ2n) is 5.93. The molecule has 2 atom stereocenters. The zero-order valence-electron chi connectivity index (χ0n) is 13.2. The molecule has 22 heavy (non-hydrogen) atoms. The van der Waals surface area contributed by atoms with Gasteiger partial charge in [-0.05, 0) is 6.92 Å². The Balaban J connectivity index is 1.63. The molecule has 3 rings (SSSR count). The van der Waals surface area contributed by atoms with Gasteiger partial charge in [-0.15, -0.1) is 0 Å². The minimum absolute atomic E-state index is 0.0853. The van der Waals surface area contributed by atoms with Gasteiger partial charge in [-0.25, -0.2) is 4.98 Å². The molecule has 1 aliphatic rings. The molecule has 0 bridgehead atoms. The van der Waals surface area contributed by atoms with E-state index >= 15 is 0 Å². The van der Waals surface area contributed by atoms with Crippen molar-refractivity contribution < 1.29 is 9.26 Å². The van der Waals surface area contributed by atoms with E-state index in [1.54, 1.807) is 11.0 Å². The van der Waals surface area contributed by atoms with Gasteiger partial charge in [0.2, 0.25) is 5.89 Å². The van der Waals surface area contributed by atoms with Crippen LogP contribution in [-0.2, 0) is 11.3 Å². The molecular weight excluding hydrogens is 284 g/mol. The molecule has 0 amide bonds. The largest absolute Gasteiger partial charge is 0.374 e. The lowest BCUT2D eigenvalue weighted by atomic mass is 10.2. The van der Waals surface area contributed by atoms with Crippen LogP contribution in [-0.4, -0.2) is 55.6 Å². The standard InChI is InChI=1S/C14H22N6O2/c1-10(2)13-17-14(22-18-13)11(3)19-4-5-21-12(6-19)7-20-9-15-8-16-20/h8-12H,4-7H2,1-3H3/t11-,12-/m1/s1. The van der Waals surface area contributed by atoms with E-state index in [-0.39, 0.29) is 18.1 Å². The van der Waals surface area contributed by atoms with Gasteiger partial charge in [0.25, 0.3) is 0 Å². The Morgan fingerprint density at radius 3 is 2.91 bits per heavy atom. The maximum absolute atomic E-state index is 5.81. The molecule has 0 radical (unpaired) electrons. The number of aromatic nitrogens is 5. The van der Waals surface area contributed by atoms with Crippen LogP contribution in [0.15, 0.2) is 17.2 Å². The first kappa shape index (κ1) is 15.1. The highest BCUT2D eigenvalue weighted by Crippen LogP contribution is 2.23. The Labute approximate surface area is 129 Å². The van der Waals surface area contributed by atoms with Gasteiger partial charge in [-0.3, -0.25) is 9.58 Å². The molecule has 0 saturated carbocycles. The lowest BCUT2D eigenvalue weighted by Gasteiger charge is -2.35. The highest BCUT2D eigenvalue weighted by Gasteiger charge is 2.28. The normalized spacial score (nSPS) is 21.4. The molecule has 120 valence electrons. The molecule has 8 nitrogen and oxygen atoms in total. The van der Waals surface area contributed by atoms with Crippen molar-refractivity contribution in [2.45, 2.75) is 45.4 Å². The lowest BCUT2D eigenvalue weighted by Crippen LogP contribution is -2.45. The number of morpholine rings is 1. The molecule has 3 heterocycles. The fourth-order valence-corrected chi connectivity index (χ4v) is 2.55. The van der Waals surface area contributed by atoms with E-state index < -0.39 is 0 Å². The Morgan fingerprint density at radius 2 is 2.23 bits per heavy atom. The predicted molar refractivity (Wildman–Crippen MR) is 78.1 cm³/mol. The fraction of sp³-hybridized carbons (Fsp3) is 0.714. The Hall–Kier alpha value is -1.80. The molecule has 1 saturated heterocycles. The van der Waals surface area contributed by atoms with Crippen LogP contribution in [0.3, 0.4) is 0 Å². The van der Waals surface area contributed by atoms with Crippen LogP contribution in [0.2, 0.25) is 0 Å². The van der Waals surface area contributed by atoms with Crippen LogP contribution in [0.1, 0.15) is 44.4 Å². The Bertz CT molecular complexity index is 582. The van der Waals surface area contributed by atoms with Crippen LogP contribution in [0.25, 0.3) is 0 Å². The van der Waals surface area contributed by atoms with Gasteiger partial charge in [-0.1, -0.05) is 19.0 Å². The number of rotatable bonds is 5. The van der Waals surface area contributed by atoms with Gasteiger partial charge in [0.15, 0.2) is 5.82 Å². The summed E-state index contributed by atoms with van der Waals surface area (Å²) in [6.45, 7) is 9.26. The molecule has 0 N–H and O–H groups in total. The maximum Gasteiger partial charge on any atom is 0.243 e. The van der Waals surface area contributed by atoms with Gasteiger partial charge in [-0.2, -0.15) is 10.1 Å². The first-order chi connectivity index (χ1) is 10.6. The number of ether oxygens (including phenoxy) is 1. The molecule has 0 spiro atoms. The minimum atomic E-state index is 0.0853. The summed E-state index contributed by atoms with van der Waals surface area (Å²) in [4.78, 5) is 10.8. The third-order valence-corrected chi connectivity index (χ3v) is 3.91. The average molecular weight is 306 g/mol. The molecule has 8 heteroatoms. The van der Waals surface area contributed by atoms with Crippen LogP contribution in [0.4, 0.5) is 0 Å². The van der Waals surface area contributed by atoms with E-state index in [2.05, 4.69) is 45.9 Å². The van der Waals surface area contributed by atoms with Crippen molar-refractivity contribution in [1.29, 1.82) is 0 Å². The average Bonchev–Trinajstić information content (AvgIpc) is 3.18. The van der Waals surface area contributed by atoms with Crippen molar-refractivity contribution in [2.24, 2.45) is 0 Å². The maximum atomic E-state index is 5.81. The second-order valence-corrected chi connectivity index (χ2v) is 5.93. The van der Waals surface area contributed by atoms with Crippen LogP contribution in [0, 0.1) is 0 Å². The van der Waals surface area contributed by atoms with E-state index in [4.69, 9.17) is 9.26 Å². The molecule has 2 aromatic heterocycles. The van der Waals surface area contributed by atoms with Crippen molar-refractivity contribution in [2.75, 3.05) is 19.7 Å². The van der Waals surface area contributed by atoms with E-state index in [1.807, 2.05) is 0 Å². The van der Waals surface area contributed by atoms with Crippen molar-refractivity contribution in [3.05, 3.63) is 24.4 Å². The van der Waals surface area contributed by atoms with Crippen LogP contribution in [0.5, 0.6) is 0 Å². The summed E-state index contributed by atoms with van der Waals surface area (Å²) in [5.74, 6) is 1.70. The highest BCUT2D eigenvalue weighted by atomic mass is 16.5. The van der Waals surface area contributed by atoms with Crippen LogP contribution < -0.4 is 0 Å². The summed E-state index contributed by atoms with van der Waals surface area (Å²) < 4.78 is 13.0. The Kier molecular flexibility index (Phi) is 4.49. The van der Waals surface area contributed by atoms with Crippen molar-refractivity contribution in [3.8, 4) is 0 Å². The van der Waals surface area contributed by atoms with Crippen molar-refractivity contribution >= 4 is 0 Å². The van der Waals surface area contributed by atoms with E-state index in [0.29, 0.717) is 19.0 Å². The highest BCUT2D eigenvalue weighted by molar-refractivity contribution is 4.96.